The first-order chi connectivity index (χ1) is 14.5. The van der Waals surface area contributed by atoms with Crippen LogP contribution >= 0.6 is 22.9 Å². The molecule has 9 nitrogen and oxygen atoms in total. The maximum absolute atomic E-state index is 12.5. The second-order valence-corrected chi connectivity index (χ2v) is 8.22. The molecule has 1 unspecified atom stereocenters. The Morgan fingerprint density at radius 1 is 1.23 bits per heavy atom. The van der Waals surface area contributed by atoms with Gasteiger partial charge < -0.3 is 14.5 Å². The molecule has 2 N–H and O–H groups in total. The minimum absolute atomic E-state index is 0.0616. The number of amides is 3. The zero-order valence-electron chi connectivity index (χ0n) is 16.0. The quantitative estimate of drug-likeness (QED) is 0.685. The monoisotopic (exact) mass is 449 g/mol. The van der Waals surface area contributed by atoms with Gasteiger partial charge in [0.15, 0.2) is 5.13 Å². The summed E-state index contributed by atoms with van der Waals surface area (Å²) in [6.45, 7) is 2.93. The number of halogens is 1. The number of thiazole rings is 1. The molecule has 4 rings (SSSR count). The SMILES string of the molecule is O=C(NNC(=O)C1CC(=O)N(c2cccc(Cl)c2)C1)c1csc(N2CCOCC2)n1. The minimum Gasteiger partial charge on any atom is -0.378 e. The summed E-state index contributed by atoms with van der Waals surface area (Å²) in [5.74, 6) is -1.67. The number of hydrogen-bond donors (Lipinski definition) is 2. The van der Waals surface area contributed by atoms with E-state index in [0.717, 1.165) is 18.2 Å². The van der Waals surface area contributed by atoms with Crippen molar-refractivity contribution in [2.24, 2.45) is 5.92 Å². The molecule has 30 heavy (non-hydrogen) atoms. The largest absolute Gasteiger partial charge is 0.378 e. The highest BCUT2D eigenvalue weighted by Gasteiger charge is 2.35. The molecule has 2 saturated heterocycles. The number of benzene rings is 1. The average Bonchev–Trinajstić information content (AvgIpc) is 3.40. The first-order valence-electron chi connectivity index (χ1n) is 9.45. The van der Waals surface area contributed by atoms with E-state index >= 15 is 0 Å². The molecular formula is C19H20ClN5O4S. The van der Waals surface area contributed by atoms with E-state index in [1.165, 1.54) is 16.2 Å². The summed E-state index contributed by atoms with van der Waals surface area (Å²) < 4.78 is 5.31. The lowest BCUT2D eigenvalue weighted by Gasteiger charge is -2.25. The number of morpholine rings is 1. The predicted octanol–water partition coefficient (Wildman–Crippen LogP) is 1.45. The van der Waals surface area contributed by atoms with Crippen LogP contribution in [0.5, 0.6) is 0 Å². The second kappa shape index (κ2) is 8.99. The smallest absolute Gasteiger partial charge is 0.289 e. The van der Waals surface area contributed by atoms with E-state index in [1.807, 2.05) is 0 Å². The van der Waals surface area contributed by atoms with Crippen LogP contribution in [0.4, 0.5) is 10.8 Å². The third-order valence-electron chi connectivity index (χ3n) is 4.92. The molecule has 1 atom stereocenters. The van der Waals surface area contributed by atoms with E-state index in [0.29, 0.717) is 23.9 Å². The van der Waals surface area contributed by atoms with Gasteiger partial charge in [-0.3, -0.25) is 25.2 Å². The van der Waals surface area contributed by atoms with Gasteiger partial charge >= 0.3 is 0 Å². The number of rotatable bonds is 4. The van der Waals surface area contributed by atoms with Crippen LogP contribution in [0.25, 0.3) is 0 Å². The Balaban J connectivity index is 1.31. The van der Waals surface area contributed by atoms with Crippen LogP contribution in [0.1, 0.15) is 16.9 Å². The molecule has 3 heterocycles. The number of ether oxygens (including phenoxy) is 1. The first-order valence-corrected chi connectivity index (χ1v) is 10.7. The summed E-state index contributed by atoms with van der Waals surface area (Å²) in [5.41, 5.74) is 5.66. The summed E-state index contributed by atoms with van der Waals surface area (Å²) in [4.78, 5) is 45.0. The van der Waals surface area contributed by atoms with Crippen LogP contribution in [-0.2, 0) is 14.3 Å². The van der Waals surface area contributed by atoms with Gasteiger partial charge in [0.25, 0.3) is 5.91 Å². The molecule has 158 valence electrons. The molecule has 3 amide bonds. The number of nitrogens with one attached hydrogen (secondary N) is 2. The van der Waals surface area contributed by atoms with Crippen LogP contribution in [0.15, 0.2) is 29.6 Å². The van der Waals surface area contributed by atoms with E-state index in [-0.39, 0.29) is 24.6 Å². The topological polar surface area (TPSA) is 104 Å². The van der Waals surface area contributed by atoms with Gasteiger partial charge in [-0.1, -0.05) is 17.7 Å². The molecule has 1 aromatic carbocycles. The lowest BCUT2D eigenvalue weighted by Crippen LogP contribution is -2.45. The summed E-state index contributed by atoms with van der Waals surface area (Å²) in [7, 11) is 0. The number of aromatic nitrogens is 1. The standard InChI is InChI=1S/C19H20ClN5O4S/c20-13-2-1-3-14(9-13)25-10-12(8-16(25)26)17(27)22-23-18(28)15-11-30-19(21-15)24-4-6-29-7-5-24/h1-3,9,11-12H,4-8,10H2,(H,22,27)(H,23,28). The molecule has 0 radical (unpaired) electrons. The molecule has 11 heteroatoms. The molecule has 2 aliphatic heterocycles. The maximum Gasteiger partial charge on any atom is 0.289 e. The summed E-state index contributed by atoms with van der Waals surface area (Å²) in [6.07, 6.45) is 0.0616. The second-order valence-electron chi connectivity index (χ2n) is 6.94. The molecule has 0 saturated carbocycles. The number of nitrogens with zero attached hydrogens (tertiary/aromatic N) is 3. The Bertz CT molecular complexity index is 962. The van der Waals surface area contributed by atoms with Gasteiger partial charge in [-0.05, 0) is 18.2 Å². The van der Waals surface area contributed by atoms with Crippen molar-refractivity contribution in [2.75, 3.05) is 42.6 Å². The van der Waals surface area contributed by atoms with Gasteiger partial charge in [0.1, 0.15) is 5.69 Å². The van der Waals surface area contributed by atoms with Crippen molar-refractivity contribution >= 4 is 51.5 Å². The van der Waals surface area contributed by atoms with Gasteiger partial charge in [0.05, 0.1) is 19.1 Å². The van der Waals surface area contributed by atoms with Crippen molar-refractivity contribution in [1.82, 2.24) is 15.8 Å². The van der Waals surface area contributed by atoms with Crippen molar-refractivity contribution in [1.29, 1.82) is 0 Å². The molecule has 2 aromatic rings. The lowest BCUT2D eigenvalue weighted by molar-refractivity contribution is -0.126. The predicted molar refractivity (Wildman–Crippen MR) is 113 cm³/mol. The van der Waals surface area contributed by atoms with Gasteiger partial charge in [-0.15, -0.1) is 11.3 Å². The van der Waals surface area contributed by atoms with Gasteiger partial charge in [-0.25, -0.2) is 4.98 Å². The Hall–Kier alpha value is -2.69. The van der Waals surface area contributed by atoms with E-state index in [9.17, 15) is 14.4 Å². The van der Waals surface area contributed by atoms with E-state index in [1.54, 1.807) is 29.6 Å². The zero-order chi connectivity index (χ0) is 21.1. The third-order valence-corrected chi connectivity index (χ3v) is 6.06. The van der Waals surface area contributed by atoms with Gasteiger partial charge in [-0.2, -0.15) is 0 Å². The molecule has 1 aromatic heterocycles. The average molecular weight is 450 g/mol. The van der Waals surface area contributed by atoms with Gasteiger partial charge in [0, 0.05) is 42.1 Å². The number of anilines is 2. The van der Waals surface area contributed by atoms with Gasteiger partial charge in [0.2, 0.25) is 11.8 Å². The van der Waals surface area contributed by atoms with Crippen molar-refractivity contribution < 1.29 is 19.1 Å². The molecule has 0 bridgehead atoms. The number of carbonyl (C=O) groups excluding carboxylic acids is 3. The number of hydrogen-bond acceptors (Lipinski definition) is 7. The molecule has 2 aliphatic rings. The Kier molecular flexibility index (Phi) is 6.16. The number of carbonyl (C=O) groups is 3. The van der Waals surface area contributed by atoms with Crippen LogP contribution < -0.4 is 20.7 Å². The highest BCUT2D eigenvalue weighted by molar-refractivity contribution is 7.13. The third kappa shape index (κ3) is 4.55. The summed E-state index contributed by atoms with van der Waals surface area (Å²) >= 11 is 7.35. The Morgan fingerprint density at radius 2 is 2.03 bits per heavy atom. The summed E-state index contributed by atoms with van der Waals surface area (Å²) in [5, 5.41) is 2.90. The Morgan fingerprint density at radius 3 is 2.80 bits per heavy atom. The summed E-state index contributed by atoms with van der Waals surface area (Å²) in [6, 6.07) is 6.90. The first kappa shape index (κ1) is 20.6. The van der Waals surface area contributed by atoms with Crippen LogP contribution in [0.2, 0.25) is 5.02 Å². The molecular weight excluding hydrogens is 430 g/mol. The van der Waals surface area contributed by atoms with Crippen molar-refractivity contribution in [3.8, 4) is 0 Å². The number of hydrazine groups is 1. The Labute approximate surface area is 181 Å². The van der Waals surface area contributed by atoms with E-state index in [4.69, 9.17) is 16.3 Å². The van der Waals surface area contributed by atoms with Crippen LogP contribution in [0, 0.1) is 5.92 Å². The zero-order valence-corrected chi connectivity index (χ0v) is 17.5. The molecule has 0 spiro atoms. The van der Waals surface area contributed by atoms with E-state index in [2.05, 4.69) is 20.7 Å². The maximum atomic E-state index is 12.5. The van der Waals surface area contributed by atoms with Crippen molar-refractivity contribution in [3.63, 3.8) is 0 Å². The van der Waals surface area contributed by atoms with Crippen molar-refractivity contribution in [2.45, 2.75) is 6.42 Å². The normalized spacial score (nSPS) is 19.1. The fourth-order valence-corrected chi connectivity index (χ4v) is 4.37. The highest BCUT2D eigenvalue weighted by Crippen LogP contribution is 2.27. The lowest BCUT2D eigenvalue weighted by atomic mass is 10.1. The molecule has 0 aliphatic carbocycles. The van der Waals surface area contributed by atoms with Crippen LogP contribution in [0.3, 0.4) is 0 Å². The highest BCUT2D eigenvalue weighted by atomic mass is 35.5. The van der Waals surface area contributed by atoms with E-state index < -0.39 is 17.7 Å². The fourth-order valence-electron chi connectivity index (χ4n) is 3.33. The molecule has 2 fully saturated rings. The minimum atomic E-state index is -0.573. The van der Waals surface area contributed by atoms with Crippen LogP contribution in [-0.4, -0.2) is 55.6 Å². The fraction of sp³-hybridized carbons (Fsp3) is 0.368. The van der Waals surface area contributed by atoms with Crippen molar-refractivity contribution in [3.05, 3.63) is 40.4 Å².